The van der Waals surface area contributed by atoms with Gasteiger partial charge in [-0.15, -0.1) is 10.2 Å². The van der Waals surface area contributed by atoms with Gasteiger partial charge in [0, 0.05) is 0 Å². The first kappa shape index (κ1) is 17.0. The van der Waals surface area contributed by atoms with E-state index in [1.807, 2.05) is 6.92 Å². The van der Waals surface area contributed by atoms with Crippen molar-refractivity contribution in [2.24, 2.45) is 0 Å². The van der Waals surface area contributed by atoms with Crippen molar-refractivity contribution in [3.63, 3.8) is 0 Å². The topological polar surface area (TPSA) is 25.8 Å². The number of hydrogen-bond acceptors (Lipinski definition) is 4. The summed E-state index contributed by atoms with van der Waals surface area (Å²) in [4.78, 5) is 0. The van der Waals surface area contributed by atoms with E-state index in [0.717, 1.165) is 9.35 Å². The molecule has 0 atom stereocenters. The van der Waals surface area contributed by atoms with E-state index < -0.39 is 0 Å². The summed E-state index contributed by atoms with van der Waals surface area (Å²) in [5.41, 5.74) is 3.70. The van der Waals surface area contributed by atoms with Crippen LogP contribution in [0.1, 0.15) is 21.7 Å². The standard InChI is InChI=1S/C22H18N2S2/c1-17-23-24-21(25-17)26-22(18-11-5-2-6-12-18,19-13-7-3-8-14-19)20-15-9-4-10-16-20/h2-16H,1H3. The highest BCUT2D eigenvalue weighted by atomic mass is 32.2. The minimum atomic E-state index is -0.379. The van der Waals surface area contributed by atoms with Crippen molar-refractivity contribution in [2.75, 3.05) is 0 Å². The van der Waals surface area contributed by atoms with E-state index in [1.54, 1.807) is 23.1 Å². The van der Waals surface area contributed by atoms with Crippen LogP contribution in [-0.2, 0) is 4.75 Å². The first-order chi connectivity index (χ1) is 12.8. The zero-order valence-corrected chi connectivity index (χ0v) is 16.0. The molecule has 0 spiro atoms. The van der Waals surface area contributed by atoms with Gasteiger partial charge in [0.1, 0.15) is 5.01 Å². The summed E-state index contributed by atoms with van der Waals surface area (Å²) in [7, 11) is 0. The second kappa shape index (κ2) is 7.44. The number of aryl methyl sites for hydroxylation is 1. The molecule has 26 heavy (non-hydrogen) atoms. The molecular formula is C22H18N2S2. The number of benzene rings is 3. The summed E-state index contributed by atoms with van der Waals surface area (Å²) in [6, 6.07) is 31.9. The lowest BCUT2D eigenvalue weighted by molar-refractivity contribution is 0.885. The maximum absolute atomic E-state index is 4.41. The van der Waals surface area contributed by atoms with Gasteiger partial charge in [-0.3, -0.25) is 0 Å². The molecule has 0 aliphatic heterocycles. The van der Waals surface area contributed by atoms with Crippen molar-refractivity contribution in [1.82, 2.24) is 10.2 Å². The van der Waals surface area contributed by atoms with Crippen molar-refractivity contribution < 1.29 is 0 Å². The van der Waals surface area contributed by atoms with E-state index in [1.165, 1.54) is 16.7 Å². The third-order valence-electron chi connectivity index (χ3n) is 4.29. The molecule has 128 valence electrons. The summed E-state index contributed by atoms with van der Waals surface area (Å²) < 4.78 is 0.592. The molecule has 3 aromatic carbocycles. The van der Waals surface area contributed by atoms with Crippen LogP contribution in [0.5, 0.6) is 0 Å². The second-order valence-corrected chi connectivity index (χ2v) is 8.61. The van der Waals surface area contributed by atoms with Crippen LogP contribution in [0.15, 0.2) is 95.3 Å². The summed E-state index contributed by atoms with van der Waals surface area (Å²) in [5.74, 6) is 0. The lowest BCUT2D eigenvalue weighted by Crippen LogP contribution is -2.25. The van der Waals surface area contributed by atoms with Gasteiger partial charge in [0.05, 0.1) is 4.75 Å². The fourth-order valence-corrected chi connectivity index (χ4v) is 5.57. The number of rotatable bonds is 5. The quantitative estimate of drug-likeness (QED) is 0.320. The van der Waals surface area contributed by atoms with Gasteiger partial charge in [-0.1, -0.05) is 114 Å². The third kappa shape index (κ3) is 3.18. The zero-order valence-electron chi connectivity index (χ0n) is 14.4. The number of aromatic nitrogens is 2. The molecule has 4 heteroatoms. The predicted octanol–water partition coefficient (Wildman–Crippen LogP) is 5.93. The molecule has 0 aliphatic rings. The smallest absolute Gasteiger partial charge is 0.143 e. The highest BCUT2D eigenvalue weighted by Crippen LogP contribution is 2.51. The van der Waals surface area contributed by atoms with Crippen molar-refractivity contribution >= 4 is 23.1 Å². The van der Waals surface area contributed by atoms with Gasteiger partial charge in [-0.25, -0.2) is 0 Å². The molecule has 1 heterocycles. The van der Waals surface area contributed by atoms with Gasteiger partial charge in [0.25, 0.3) is 0 Å². The number of nitrogens with zero attached hydrogens (tertiary/aromatic N) is 2. The van der Waals surface area contributed by atoms with Crippen LogP contribution in [0.3, 0.4) is 0 Å². The van der Waals surface area contributed by atoms with Gasteiger partial charge in [-0.05, 0) is 23.6 Å². The SMILES string of the molecule is Cc1nnc(SC(c2ccccc2)(c2ccccc2)c2ccccc2)s1. The average Bonchev–Trinajstić information content (AvgIpc) is 3.13. The van der Waals surface area contributed by atoms with E-state index in [4.69, 9.17) is 0 Å². The first-order valence-electron chi connectivity index (χ1n) is 8.45. The maximum atomic E-state index is 4.41. The van der Waals surface area contributed by atoms with Crippen molar-refractivity contribution in [3.05, 3.63) is 113 Å². The molecule has 0 amide bonds. The highest BCUT2D eigenvalue weighted by molar-refractivity contribution is 8.02. The summed E-state index contributed by atoms with van der Waals surface area (Å²) >= 11 is 3.40. The largest absolute Gasteiger partial charge is 0.175 e. The van der Waals surface area contributed by atoms with Gasteiger partial charge < -0.3 is 0 Å². The molecule has 4 rings (SSSR count). The Kier molecular flexibility index (Phi) is 4.87. The molecule has 0 N–H and O–H groups in total. The Morgan fingerprint density at radius 3 is 1.42 bits per heavy atom. The van der Waals surface area contributed by atoms with E-state index in [-0.39, 0.29) is 4.75 Å². The van der Waals surface area contributed by atoms with Crippen LogP contribution in [-0.4, -0.2) is 10.2 Å². The molecule has 4 aromatic rings. The van der Waals surface area contributed by atoms with E-state index in [0.29, 0.717) is 0 Å². The molecule has 0 aliphatic carbocycles. The Balaban J connectivity index is 2.00. The average molecular weight is 375 g/mol. The second-order valence-electron chi connectivity index (χ2n) is 5.97. The Labute approximate surface area is 162 Å². The Bertz CT molecular complexity index is 870. The molecular weight excluding hydrogens is 356 g/mol. The van der Waals surface area contributed by atoms with Crippen molar-refractivity contribution in [3.8, 4) is 0 Å². The summed E-state index contributed by atoms with van der Waals surface area (Å²) in [6.07, 6.45) is 0. The summed E-state index contributed by atoms with van der Waals surface area (Å²) in [6.45, 7) is 2.00. The lowest BCUT2D eigenvalue weighted by Gasteiger charge is -2.34. The van der Waals surface area contributed by atoms with Gasteiger partial charge in [0.2, 0.25) is 0 Å². The third-order valence-corrected chi connectivity index (χ3v) is 6.69. The van der Waals surface area contributed by atoms with Crippen LogP contribution >= 0.6 is 23.1 Å². The van der Waals surface area contributed by atoms with Crippen LogP contribution in [0.2, 0.25) is 0 Å². The first-order valence-corrected chi connectivity index (χ1v) is 10.1. The zero-order chi connectivity index (χ0) is 17.8. The fourth-order valence-electron chi connectivity index (χ4n) is 3.15. The van der Waals surface area contributed by atoms with Crippen molar-refractivity contribution in [2.45, 2.75) is 16.0 Å². The lowest BCUT2D eigenvalue weighted by atomic mass is 9.84. The molecule has 2 nitrogen and oxygen atoms in total. The Hall–Kier alpha value is -2.43. The number of hydrogen-bond donors (Lipinski definition) is 0. The van der Waals surface area contributed by atoms with Gasteiger partial charge in [-0.2, -0.15) is 0 Å². The Morgan fingerprint density at radius 2 is 1.08 bits per heavy atom. The molecule has 0 saturated heterocycles. The van der Waals surface area contributed by atoms with Crippen LogP contribution in [0.4, 0.5) is 0 Å². The van der Waals surface area contributed by atoms with E-state index >= 15 is 0 Å². The molecule has 1 aromatic heterocycles. The minimum absolute atomic E-state index is 0.379. The number of thioether (sulfide) groups is 1. The Morgan fingerprint density at radius 1 is 0.654 bits per heavy atom. The molecule has 0 radical (unpaired) electrons. The van der Waals surface area contributed by atoms with Crippen LogP contribution in [0.25, 0.3) is 0 Å². The minimum Gasteiger partial charge on any atom is -0.143 e. The van der Waals surface area contributed by atoms with Crippen LogP contribution in [0, 0.1) is 6.92 Å². The van der Waals surface area contributed by atoms with Crippen molar-refractivity contribution in [1.29, 1.82) is 0 Å². The maximum Gasteiger partial charge on any atom is 0.175 e. The molecule has 0 fully saturated rings. The van der Waals surface area contributed by atoms with E-state index in [9.17, 15) is 0 Å². The predicted molar refractivity (Wildman–Crippen MR) is 110 cm³/mol. The molecule has 0 unspecified atom stereocenters. The highest BCUT2D eigenvalue weighted by Gasteiger charge is 2.38. The molecule has 0 saturated carbocycles. The fraction of sp³-hybridized carbons (Fsp3) is 0.0909. The van der Waals surface area contributed by atoms with Gasteiger partial charge in [0.15, 0.2) is 4.34 Å². The molecule has 0 bridgehead atoms. The monoisotopic (exact) mass is 374 g/mol. The van der Waals surface area contributed by atoms with E-state index in [2.05, 4.69) is 101 Å². The summed E-state index contributed by atoms with van der Waals surface area (Å²) in [5, 5.41) is 9.62. The van der Waals surface area contributed by atoms with Gasteiger partial charge >= 0.3 is 0 Å². The van der Waals surface area contributed by atoms with Crippen LogP contribution < -0.4 is 0 Å². The normalized spacial score (nSPS) is 11.4.